The van der Waals surface area contributed by atoms with Crippen molar-refractivity contribution in [1.82, 2.24) is 5.32 Å². The number of hydrogen-bond donors (Lipinski definition) is 1. The molecule has 1 N–H and O–H groups in total. The fourth-order valence-electron chi connectivity index (χ4n) is 1.88. The first-order valence-electron chi connectivity index (χ1n) is 7.12. The number of benzene rings is 1. The van der Waals surface area contributed by atoms with Gasteiger partial charge in [0.2, 0.25) is 0 Å². The van der Waals surface area contributed by atoms with Crippen molar-refractivity contribution in [3.8, 4) is 0 Å². The van der Waals surface area contributed by atoms with Crippen LogP contribution in [0.25, 0.3) is 0 Å². The minimum Gasteiger partial charge on any atom is -0.377 e. The zero-order valence-electron chi connectivity index (χ0n) is 12.6. The molecule has 1 unspecified atom stereocenters. The van der Waals surface area contributed by atoms with E-state index in [0.717, 1.165) is 6.42 Å². The van der Waals surface area contributed by atoms with Crippen LogP contribution in [0, 0.1) is 0 Å². The maximum Gasteiger partial charge on any atom is 0.0703 e. The molecule has 1 aromatic rings. The number of nitrogens with one attached hydrogen (secondary N) is 1. The summed E-state index contributed by atoms with van der Waals surface area (Å²) >= 11 is 0. The molecule has 0 bridgehead atoms. The topological polar surface area (TPSA) is 30.5 Å². The van der Waals surface area contributed by atoms with E-state index in [1.165, 1.54) is 11.1 Å². The lowest BCUT2D eigenvalue weighted by Gasteiger charge is -2.17. The summed E-state index contributed by atoms with van der Waals surface area (Å²) in [5.74, 6) is 0. The number of ether oxygens (including phenoxy) is 2. The molecule has 3 nitrogen and oxygen atoms in total. The third kappa shape index (κ3) is 6.19. The Labute approximate surface area is 117 Å². The van der Waals surface area contributed by atoms with Gasteiger partial charge in [-0.25, -0.2) is 0 Å². The molecule has 0 aromatic heterocycles. The lowest BCUT2D eigenvalue weighted by atomic mass is 10.0. The highest BCUT2D eigenvalue weighted by Crippen LogP contribution is 2.14. The molecule has 0 aliphatic carbocycles. The van der Waals surface area contributed by atoms with Gasteiger partial charge in [-0.2, -0.15) is 0 Å². The summed E-state index contributed by atoms with van der Waals surface area (Å²) in [6.07, 6.45) is 1.35. The second kappa shape index (κ2) is 9.08. The predicted molar refractivity (Wildman–Crippen MR) is 79.5 cm³/mol. The number of likely N-dealkylation sites (N-methyl/N-ethyl adjacent to an activating group) is 1. The van der Waals surface area contributed by atoms with Crippen molar-refractivity contribution in [2.75, 3.05) is 26.9 Å². The van der Waals surface area contributed by atoms with Gasteiger partial charge in [0.25, 0.3) is 0 Å². The maximum absolute atomic E-state index is 5.66. The Kier molecular flexibility index (Phi) is 7.72. The fraction of sp³-hybridized carbons (Fsp3) is 0.625. The molecule has 0 aliphatic heterocycles. The SMILES string of the molecule is CCc1ccc(C(COCCOC(C)C)NC)cc1. The highest BCUT2D eigenvalue weighted by Gasteiger charge is 2.09. The van der Waals surface area contributed by atoms with E-state index in [1.807, 2.05) is 20.9 Å². The van der Waals surface area contributed by atoms with Crippen molar-refractivity contribution in [1.29, 1.82) is 0 Å². The summed E-state index contributed by atoms with van der Waals surface area (Å²) in [4.78, 5) is 0. The van der Waals surface area contributed by atoms with Crippen LogP contribution in [-0.4, -0.2) is 33.0 Å². The molecule has 1 atom stereocenters. The standard InChI is InChI=1S/C16H27NO2/c1-5-14-6-8-15(9-7-14)16(17-4)12-18-10-11-19-13(2)3/h6-9,13,16-17H,5,10-12H2,1-4H3. The van der Waals surface area contributed by atoms with Gasteiger partial charge >= 0.3 is 0 Å². The number of rotatable bonds is 9. The summed E-state index contributed by atoms with van der Waals surface area (Å²) in [6.45, 7) is 8.20. The zero-order chi connectivity index (χ0) is 14.1. The van der Waals surface area contributed by atoms with Gasteiger partial charge in [0.1, 0.15) is 0 Å². The van der Waals surface area contributed by atoms with Crippen LogP contribution in [0.3, 0.4) is 0 Å². The monoisotopic (exact) mass is 265 g/mol. The van der Waals surface area contributed by atoms with Gasteiger partial charge < -0.3 is 14.8 Å². The Bertz CT molecular complexity index is 335. The molecular formula is C16H27NO2. The lowest BCUT2D eigenvalue weighted by Crippen LogP contribution is -2.23. The molecule has 0 radical (unpaired) electrons. The molecule has 0 saturated carbocycles. The van der Waals surface area contributed by atoms with E-state index in [1.54, 1.807) is 0 Å². The van der Waals surface area contributed by atoms with Gasteiger partial charge in [0.15, 0.2) is 0 Å². The first kappa shape index (κ1) is 16.2. The average Bonchev–Trinajstić information content (AvgIpc) is 2.43. The van der Waals surface area contributed by atoms with E-state index >= 15 is 0 Å². The van der Waals surface area contributed by atoms with Crippen LogP contribution in [0.1, 0.15) is 37.9 Å². The largest absolute Gasteiger partial charge is 0.377 e. The number of hydrogen-bond acceptors (Lipinski definition) is 3. The summed E-state index contributed by atoms with van der Waals surface area (Å²) in [6, 6.07) is 8.95. The third-order valence-electron chi connectivity index (χ3n) is 3.10. The summed E-state index contributed by atoms with van der Waals surface area (Å²) in [5.41, 5.74) is 2.63. The van der Waals surface area contributed by atoms with Crippen LogP contribution >= 0.6 is 0 Å². The quantitative estimate of drug-likeness (QED) is 0.696. The first-order chi connectivity index (χ1) is 9.17. The van der Waals surface area contributed by atoms with E-state index in [0.29, 0.717) is 19.8 Å². The predicted octanol–water partition coefficient (Wildman–Crippen LogP) is 2.95. The van der Waals surface area contributed by atoms with Gasteiger partial charge in [-0.1, -0.05) is 31.2 Å². The second-order valence-electron chi connectivity index (χ2n) is 4.93. The van der Waals surface area contributed by atoms with Crippen molar-refractivity contribution in [3.05, 3.63) is 35.4 Å². The Balaban J connectivity index is 2.35. The molecule has 0 saturated heterocycles. The minimum atomic E-state index is 0.241. The van der Waals surface area contributed by atoms with Crippen LogP contribution in [0.5, 0.6) is 0 Å². The number of aryl methyl sites for hydroxylation is 1. The van der Waals surface area contributed by atoms with E-state index < -0.39 is 0 Å². The summed E-state index contributed by atoms with van der Waals surface area (Å²) in [7, 11) is 1.96. The molecule has 0 amide bonds. The van der Waals surface area contributed by atoms with Crippen LogP contribution in [-0.2, 0) is 15.9 Å². The van der Waals surface area contributed by atoms with Crippen LogP contribution in [0.15, 0.2) is 24.3 Å². The smallest absolute Gasteiger partial charge is 0.0703 e. The van der Waals surface area contributed by atoms with Crippen molar-refractivity contribution < 1.29 is 9.47 Å². The molecule has 0 heterocycles. The molecule has 3 heteroatoms. The first-order valence-corrected chi connectivity index (χ1v) is 7.12. The molecule has 1 aromatic carbocycles. The van der Waals surface area contributed by atoms with Crippen LogP contribution in [0.2, 0.25) is 0 Å². The molecule has 0 spiro atoms. The Morgan fingerprint density at radius 2 is 1.79 bits per heavy atom. The second-order valence-corrected chi connectivity index (χ2v) is 4.93. The van der Waals surface area contributed by atoms with E-state index in [2.05, 4.69) is 36.5 Å². The molecular weight excluding hydrogens is 238 g/mol. The highest BCUT2D eigenvalue weighted by atomic mass is 16.5. The van der Waals surface area contributed by atoms with Crippen molar-refractivity contribution in [2.24, 2.45) is 0 Å². The van der Waals surface area contributed by atoms with Gasteiger partial charge in [0.05, 0.1) is 32.0 Å². The molecule has 0 aliphatic rings. The van der Waals surface area contributed by atoms with Crippen molar-refractivity contribution >= 4 is 0 Å². The van der Waals surface area contributed by atoms with Gasteiger partial charge in [-0.3, -0.25) is 0 Å². The van der Waals surface area contributed by atoms with Crippen molar-refractivity contribution in [2.45, 2.75) is 39.3 Å². The van der Waals surface area contributed by atoms with E-state index in [-0.39, 0.29) is 12.1 Å². The van der Waals surface area contributed by atoms with Crippen molar-refractivity contribution in [3.63, 3.8) is 0 Å². The van der Waals surface area contributed by atoms with Crippen LogP contribution < -0.4 is 5.32 Å². The average molecular weight is 265 g/mol. The molecule has 1 rings (SSSR count). The van der Waals surface area contributed by atoms with Gasteiger partial charge in [-0.05, 0) is 38.4 Å². The molecule has 0 fully saturated rings. The zero-order valence-corrected chi connectivity index (χ0v) is 12.6. The maximum atomic E-state index is 5.66. The summed E-state index contributed by atoms with van der Waals surface area (Å²) in [5, 5.41) is 3.29. The van der Waals surface area contributed by atoms with E-state index in [4.69, 9.17) is 9.47 Å². The highest BCUT2D eigenvalue weighted by molar-refractivity contribution is 5.25. The summed E-state index contributed by atoms with van der Waals surface area (Å²) < 4.78 is 11.1. The lowest BCUT2D eigenvalue weighted by molar-refractivity contribution is 0.0142. The molecule has 108 valence electrons. The molecule has 19 heavy (non-hydrogen) atoms. The minimum absolute atomic E-state index is 0.241. The Hall–Kier alpha value is -0.900. The normalized spacial score (nSPS) is 12.9. The fourth-order valence-corrected chi connectivity index (χ4v) is 1.88. The van der Waals surface area contributed by atoms with E-state index in [9.17, 15) is 0 Å². The van der Waals surface area contributed by atoms with Gasteiger partial charge in [-0.15, -0.1) is 0 Å². The van der Waals surface area contributed by atoms with Crippen LogP contribution in [0.4, 0.5) is 0 Å². The van der Waals surface area contributed by atoms with Gasteiger partial charge in [0, 0.05) is 0 Å². The Morgan fingerprint density at radius 1 is 1.11 bits per heavy atom. The Morgan fingerprint density at radius 3 is 2.32 bits per heavy atom. The third-order valence-corrected chi connectivity index (χ3v) is 3.10.